The zero-order valence-corrected chi connectivity index (χ0v) is 13.3. The Kier molecular flexibility index (Phi) is 3.91. The van der Waals surface area contributed by atoms with Gasteiger partial charge in [-0.3, -0.25) is 0 Å². The standard InChI is InChI=1S/C16H28N2O3/c1-10(19)11-4-7-18(8-5-11)15(20)17-13-12-6-9-21-14(12)16(13,2)3/h10-14,19H,4-9H2,1-3H3,(H,17,20). The molecule has 21 heavy (non-hydrogen) atoms. The van der Waals surface area contributed by atoms with Gasteiger partial charge in [0.05, 0.1) is 12.2 Å². The predicted octanol–water partition coefficient (Wildman–Crippen LogP) is 1.60. The average molecular weight is 296 g/mol. The third-order valence-corrected chi connectivity index (χ3v) is 5.89. The maximum absolute atomic E-state index is 12.5. The molecule has 4 unspecified atom stereocenters. The SMILES string of the molecule is CC(O)C1CCN(C(=O)NC2C3CCOC3C2(C)C)CC1. The fourth-order valence-corrected chi connectivity index (χ4v) is 4.43. The molecule has 0 aromatic carbocycles. The largest absolute Gasteiger partial charge is 0.393 e. The minimum atomic E-state index is -0.267. The summed E-state index contributed by atoms with van der Waals surface area (Å²) in [5, 5.41) is 12.9. The first-order valence-corrected chi connectivity index (χ1v) is 8.26. The van der Waals surface area contributed by atoms with Crippen LogP contribution in [-0.2, 0) is 4.74 Å². The molecule has 1 saturated carbocycles. The van der Waals surface area contributed by atoms with Crippen LogP contribution in [0.5, 0.6) is 0 Å². The fourth-order valence-electron chi connectivity index (χ4n) is 4.43. The van der Waals surface area contributed by atoms with Crippen molar-refractivity contribution in [3.8, 4) is 0 Å². The van der Waals surface area contributed by atoms with E-state index in [-0.39, 0.29) is 23.6 Å². The van der Waals surface area contributed by atoms with Crippen molar-refractivity contribution in [2.24, 2.45) is 17.3 Å². The van der Waals surface area contributed by atoms with Gasteiger partial charge in [0.2, 0.25) is 0 Å². The van der Waals surface area contributed by atoms with Gasteiger partial charge in [-0.25, -0.2) is 4.79 Å². The Hall–Kier alpha value is -0.810. The normalized spacial score (nSPS) is 36.8. The van der Waals surface area contributed by atoms with E-state index in [1.165, 1.54) is 0 Å². The van der Waals surface area contributed by atoms with E-state index in [0.717, 1.165) is 39.0 Å². The number of ether oxygens (including phenoxy) is 1. The first-order valence-electron chi connectivity index (χ1n) is 8.26. The van der Waals surface area contributed by atoms with E-state index in [1.807, 2.05) is 11.8 Å². The van der Waals surface area contributed by atoms with Crippen molar-refractivity contribution < 1.29 is 14.6 Å². The maximum atomic E-state index is 12.5. The lowest BCUT2D eigenvalue weighted by Gasteiger charge is -2.55. The highest BCUT2D eigenvalue weighted by Gasteiger charge is 2.60. The number of aliphatic hydroxyl groups excluding tert-OH is 1. The second-order valence-electron chi connectivity index (χ2n) is 7.56. The maximum Gasteiger partial charge on any atom is 0.317 e. The van der Waals surface area contributed by atoms with E-state index in [9.17, 15) is 9.90 Å². The number of carbonyl (C=O) groups is 1. The second kappa shape index (κ2) is 5.43. The van der Waals surface area contributed by atoms with Crippen molar-refractivity contribution in [2.45, 2.75) is 58.3 Å². The number of urea groups is 1. The lowest BCUT2D eigenvalue weighted by Crippen LogP contribution is -2.68. The number of hydrogen-bond acceptors (Lipinski definition) is 3. The molecule has 2 amide bonds. The van der Waals surface area contributed by atoms with Gasteiger partial charge in [-0.05, 0) is 32.1 Å². The first-order chi connectivity index (χ1) is 9.91. The third kappa shape index (κ3) is 2.55. The molecule has 0 aromatic rings. The van der Waals surface area contributed by atoms with Crippen molar-refractivity contribution in [3.05, 3.63) is 0 Å². The quantitative estimate of drug-likeness (QED) is 0.813. The number of nitrogens with zero attached hydrogens (tertiary/aromatic N) is 1. The van der Waals surface area contributed by atoms with E-state index in [2.05, 4.69) is 19.2 Å². The summed E-state index contributed by atoms with van der Waals surface area (Å²) < 4.78 is 5.77. The lowest BCUT2D eigenvalue weighted by molar-refractivity contribution is -0.109. The molecule has 3 rings (SSSR count). The van der Waals surface area contributed by atoms with E-state index < -0.39 is 0 Å². The third-order valence-electron chi connectivity index (χ3n) is 5.89. The summed E-state index contributed by atoms with van der Waals surface area (Å²) in [4.78, 5) is 14.4. The van der Waals surface area contributed by atoms with Gasteiger partial charge in [-0.2, -0.15) is 0 Å². The number of nitrogens with one attached hydrogen (secondary N) is 1. The van der Waals surface area contributed by atoms with Crippen LogP contribution in [0, 0.1) is 17.3 Å². The van der Waals surface area contributed by atoms with Crippen molar-refractivity contribution in [3.63, 3.8) is 0 Å². The average Bonchev–Trinajstić information content (AvgIpc) is 2.91. The first kappa shape index (κ1) is 15.1. The van der Waals surface area contributed by atoms with Crippen LogP contribution in [0.25, 0.3) is 0 Å². The molecular formula is C16H28N2O3. The molecule has 2 aliphatic heterocycles. The summed E-state index contributed by atoms with van der Waals surface area (Å²) >= 11 is 0. The van der Waals surface area contributed by atoms with Crippen LogP contribution >= 0.6 is 0 Å². The minimum absolute atomic E-state index is 0.0365. The molecule has 3 aliphatic rings. The molecule has 2 saturated heterocycles. The molecule has 120 valence electrons. The Labute approximate surface area is 127 Å². The molecular weight excluding hydrogens is 268 g/mol. The van der Waals surface area contributed by atoms with Gasteiger partial charge >= 0.3 is 6.03 Å². The van der Waals surface area contributed by atoms with Crippen LogP contribution in [-0.4, -0.2) is 54.0 Å². The van der Waals surface area contributed by atoms with Crippen LogP contribution in [0.4, 0.5) is 4.79 Å². The fraction of sp³-hybridized carbons (Fsp3) is 0.938. The Bertz CT molecular complexity index is 402. The molecule has 0 radical (unpaired) electrons. The molecule has 2 heterocycles. The predicted molar refractivity (Wildman–Crippen MR) is 79.9 cm³/mol. The molecule has 2 N–H and O–H groups in total. The van der Waals surface area contributed by atoms with Gasteiger partial charge < -0.3 is 20.1 Å². The number of piperidine rings is 1. The van der Waals surface area contributed by atoms with Gasteiger partial charge in [0.25, 0.3) is 0 Å². The van der Waals surface area contributed by atoms with E-state index in [0.29, 0.717) is 17.9 Å². The van der Waals surface area contributed by atoms with E-state index in [1.54, 1.807) is 0 Å². The van der Waals surface area contributed by atoms with Gasteiger partial charge in [0.1, 0.15) is 0 Å². The number of rotatable bonds is 2. The zero-order chi connectivity index (χ0) is 15.2. The summed E-state index contributed by atoms with van der Waals surface area (Å²) in [5.74, 6) is 0.820. The monoisotopic (exact) mass is 296 g/mol. The van der Waals surface area contributed by atoms with Crippen LogP contribution in [0.1, 0.15) is 40.0 Å². The highest BCUT2D eigenvalue weighted by atomic mass is 16.5. The van der Waals surface area contributed by atoms with Crippen molar-refractivity contribution >= 4 is 6.03 Å². The highest BCUT2D eigenvalue weighted by Crippen LogP contribution is 2.52. The van der Waals surface area contributed by atoms with Crippen LogP contribution in [0.2, 0.25) is 0 Å². The summed E-state index contributed by atoms with van der Waals surface area (Å²) in [6, 6.07) is 0.287. The van der Waals surface area contributed by atoms with Gasteiger partial charge in [-0.1, -0.05) is 13.8 Å². The van der Waals surface area contributed by atoms with Crippen molar-refractivity contribution in [2.75, 3.05) is 19.7 Å². The smallest absolute Gasteiger partial charge is 0.317 e. The molecule has 1 aliphatic carbocycles. The molecule has 3 fully saturated rings. The molecule has 0 bridgehead atoms. The van der Waals surface area contributed by atoms with Gasteiger partial charge in [0.15, 0.2) is 0 Å². The highest BCUT2D eigenvalue weighted by molar-refractivity contribution is 5.75. The second-order valence-corrected chi connectivity index (χ2v) is 7.56. The molecule has 5 nitrogen and oxygen atoms in total. The number of likely N-dealkylation sites (tertiary alicyclic amines) is 1. The summed E-state index contributed by atoms with van der Waals surface area (Å²) in [5.41, 5.74) is 0.0365. The van der Waals surface area contributed by atoms with Crippen molar-refractivity contribution in [1.82, 2.24) is 10.2 Å². The molecule has 0 aromatic heterocycles. The topological polar surface area (TPSA) is 61.8 Å². The lowest BCUT2D eigenvalue weighted by atomic mass is 9.57. The van der Waals surface area contributed by atoms with Crippen LogP contribution in [0.3, 0.4) is 0 Å². The van der Waals surface area contributed by atoms with Crippen molar-refractivity contribution in [1.29, 1.82) is 0 Å². The Balaban J connectivity index is 1.53. The molecule has 0 spiro atoms. The Morgan fingerprint density at radius 3 is 2.62 bits per heavy atom. The van der Waals surface area contributed by atoms with E-state index in [4.69, 9.17) is 4.74 Å². The Morgan fingerprint density at radius 1 is 1.33 bits per heavy atom. The van der Waals surface area contributed by atoms with E-state index >= 15 is 0 Å². The zero-order valence-electron chi connectivity index (χ0n) is 13.3. The summed E-state index contributed by atoms with van der Waals surface area (Å²) in [7, 11) is 0. The number of amides is 2. The van der Waals surface area contributed by atoms with Crippen LogP contribution < -0.4 is 5.32 Å². The number of aliphatic hydroxyl groups is 1. The number of hydrogen-bond donors (Lipinski definition) is 2. The van der Waals surface area contributed by atoms with Gasteiger partial charge in [0, 0.05) is 37.1 Å². The molecule has 5 heteroatoms. The number of fused-ring (bicyclic) bond motifs is 1. The summed E-state index contributed by atoms with van der Waals surface area (Å²) in [6.07, 6.45) is 2.90. The van der Waals surface area contributed by atoms with Gasteiger partial charge in [-0.15, -0.1) is 0 Å². The Morgan fingerprint density at radius 2 is 2.00 bits per heavy atom. The molecule has 4 atom stereocenters. The summed E-state index contributed by atoms with van der Waals surface area (Å²) in [6.45, 7) is 8.54. The van der Waals surface area contributed by atoms with Crippen LogP contribution in [0.15, 0.2) is 0 Å². The number of carbonyl (C=O) groups excluding carboxylic acids is 1. The minimum Gasteiger partial charge on any atom is -0.393 e.